The van der Waals surface area contributed by atoms with E-state index in [2.05, 4.69) is 93.6 Å². The van der Waals surface area contributed by atoms with Crippen LogP contribution in [-0.4, -0.2) is 0 Å². The first-order valence-electron chi connectivity index (χ1n) is 9.31. The average molecular weight is 339 g/mol. The zero-order chi connectivity index (χ0) is 18.3. The third-order valence-electron chi connectivity index (χ3n) is 5.32. The molecule has 1 heteroatoms. The Balaban J connectivity index is 1.96. The number of nitrogen functional groups attached to an aromatic ring is 1. The molecule has 1 aliphatic rings. The highest BCUT2D eigenvalue weighted by molar-refractivity contribution is 5.95. The van der Waals surface area contributed by atoms with Crippen LogP contribution >= 0.6 is 0 Å². The lowest BCUT2D eigenvalue weighted by Gasteiger charge is -2.16. The predicted octanol–water partition coefficient (Wildman–Crippen LogP) is 6.72. The van der Waals surface area contributed by atoms with Gasteiger partial charge in [0.2, 0.25) is 0 Å². The molecule has 3 aromatic rings. The van der Waals surface area contributed by atoms with Crippen LogP contribution in [0.15, 0.2) is 60.7 Å². The molecule has 0 amide bonds. The zero-order valence-corrected chi connectivity index (χ0v) is 15.7. The Hall–Kier alpha value is -2.80. The molecule has 0 radical (unpaired) electrons. The topological polar surface area (TPSA) is 26.0 Å². The van der Waals surface area contributed by atoms with Gasteiger partial charge in [-0.05, 0) is 51.6 Å². The Kier molecular flexibility index (Phi) is 3.96. The summed E-state index contributed by atoms with van der Waals surface area (Å²) in [6.45, 7) is 6.70. The molecule has 0 spiro atoms. The maximum Gasteiger partial charge on any atom is 0.0400 e. The quantitative estimate of drug-likeness (QED) is 0.515. The molecule has 2 N–H and O–H groups in total. The summed E-state index contributed by atoms with van der Waals surface area (Å²) in [6, 6.07) is 17.2. The van der Waals surface area contributed by atoms with Gasteiger partial charge in [-0.25, -0.2) is 0 Å². The molecule has 0 heterocycles. The first-order valence-corrected chi connectivity index (χ1v) is 9.31. The minimum absolute atomic E-state index is 0.0756. The Morgan fingerprint density at radius 2 is 1.54 bits per heavy atom. The largest absolute Gasteiger partial charge is 0.398 e. The summed E-state index contributed by atoms with van der Waals surface area (Å²) < 4.78 is 0. The summed E-state index contributed by atoms with van der Waals surface area (Å²) in [4.78, 5) is 0. The van der Waals surface area contributed by atoms with Crippen molar-refractivity contribution in [2.75, 3.05) is 5.73 Å². The van der Waals surface area contributed by atoms with E-state index >= 15 is 0 Å². The third kappa shape index (κ3) is 2.84. The van der Waals surface area contributed by atoms with Gasteiger partial charge in [-0.1, -0.05) is 81.5 Å². The molecule has 0 aromatic heterocycles. The van der Waals surface area contributed by atoms with Crippen LogP contribution in [0.3, 0.4) is 0 Å². The molecule has 0 saturated carbocycles. The molecular weight excluding hydrogens is 314 g/mol. The molecular formula is C25H25N. The van der Waals surface area contributed by atoms with Gasteiger partial charge in [0.15, 0.2) is 0 Å². The van der Waals surface area contributed by atoms with Gasteiger partial charge >= 0.3 is 0 Å². The standard InChI is InChI=1S/C25H25N/c1-4-20-21-12-14-25(2,3)13-11-17(21)9-10-22(20)23-15-18-7-5-6-8-19(18)16-24(23)26/h5-16H,4,26H2,1-3H3. The lowest BCUT2D eigenvalue weighted by atomic mass is 9.88. The second kappa shape index (κ2) is 6.17. The fourth-order valence-corrected chi connectivity index (χ4v) is 3.81. The Labute approximate surface area is 155 Å². The molecule has 26 heavy (non-hydrogen) atoms. The van der Waals surface area contributed by atoms with Crippen LogP contribution in [0.5, 0.6) is 0 Å². The lowest BCUT2D eigenvalue weighted by Crippen LogP contribution is -2.00. The van der Waals surface area contributed by atoms with Gasteiger partial charge < -0.3 is 5.73 Å². The van der Waals surface area contributed by atoms with E-state index in [1.54, 1.807) is 0 Å². The summed E-state index contributed by atoms with van der Waals surface area (Å²) >= 11 is 0. The molecule has 1 nitrogen and oxygen atoms in total. The summed E-state index contributed by atoms with van der Waals surface area (Å²) in [5.74, 6) is 0. The fourth-order valence-electron chi connectivity index (χ4n) is 3.81. The van der Waals surface area contributed by atoms with Crippen molar-refractivity contribution in [1.82, 2.24) is 0 Å². The van der Waals surface area contributed by atoms with Crippen LogP contribution < -0.4 is 5.73 Å². The first kappa shape index (κ1) is 16.7. The average Bonchev–Trinajstić information content (AvgIpc) is 2.79. The smallest absolute Gasteiger partial charge is 0.0400 e. The number of benzene rings is 3. The highest BCUT2D eigenvalue weighted by Crippen LogP contribution is 2.38. The van der Waals surface area contributed by atoms with Crippen LogP contribution in [-0.2, 0) is 6.42 Å². The lowest BCUT2D eigenvalue weighted by molar-refractivity contribution is 0.633. The van der Waals surface area contributed by atoms with Gasteiger partial charge in [0.05, 0.1) is 0 Å². The van der Waals surface area contributed by atoms with Crippen molar-refractivity contribution < 1.29 is 0 Å². The van der Waals surface area contributed by atoms with Crippen LogP contribution in [0.2, 0.25) is 0 Å². The van der Waals surface area contributed by atoms with Gasteiger partial charge in [-0.3, -0.25) is 0 Å². The number of anilines is 1. The molecule has 0 atom stereocenters. The maximum absolute atomic E-state index is 6.46. The van der Waals surface area contributed by atoms with Gasteiger partial charge in [-0.15, -0.1) is 0 Å². The number of rotatable bonds is 2. The third-order valence-corrected chi connectivity index (χ3v) is 5.32. The number of hydrogen-bond acceptors (Lipinski definition) is 1. The monoisotopic (exact) mass is 339 g/mol. The Morgan fingerprint density at radius 3 is 2.27 bits per heavy atom. The van der Waals surface area contributed by atoms with E-state index in [9.17, 15) is 0 Å². The maximum atomic E-state index is 6.46. The summed E-state index contributed by atoms with van der Waals surface area (Å²) in [6.07, 6.45) is 10.1. The van der Waals surface area contributed by atoms with Gasteiger partial charge in [0, 0.05) is 16.7 Å². The molecule has 130 valence electrons. The molecule has 0 fully saturated rings. The van der Waals surface area contributed by atoms with E-state index in [0.29, 0.717) is 0 Å². The van der Waals surface area contributed by atoms with Gasteiger partial charge in [0.25, 0.3) is 0 Å². The fraction of sp³-hybridized carbons (Fsp3) is 0.200. The summed E-state index contributed by atoms with van der Waals surface area (Å²) in [5.41, 5.74) is 13.7. The molecule has 0 bridgehead atoms. The van der Waals surface area contributed by atoms with Crippen molar-refractivity contribution in [3.8, 4) is 11.1 Å². The first-order chi connectivity index (χ1) is 12.5. The van der Waals surface area contributed by atoms with Gasteiger partial charge in [-0.2, -0.15) is 0 Å². The molecule has 0 unspecified atom stereocenters. The van der Waals surface area contributed by atoms with E-state index in [0.717, 1.165) is 17.7 Å². The molecule has 4 rings (SSSR count). The van der Waals surface area contributed by atoms with Crippen molar-refractivity contribution in [2.45, 2.75) is 27.2 Å². The SMILES string of the molecule is CCc1c(-c2cc3ccccc3cc2N)ccc2c1C=CC(C)(C)C=C2. The molecule has 0 aliphatic heterocycles. The van der Waals surface area contributed by atoms with E-state index < -0.39 is 0 Å². The van der Waals surface area contributed by atoms with Crippen molar-refractivity contribution in [3.05, 3.63) is 77.4 Å². The summed E-state index contributed by atoms with van der Waals surface area (Å²) in [5, 5.41) is 2.41. The number of fused-ring (bicyclic) bond motifs is 2. The Morgan fingerprint density at radius 1 is 0.846 bits per heavy atom. The van der Waals surface area contributed by atoms with Crippen LogP contribution in [0.4, 0.5) is 5.69 Å². The number of hydrogen-bond donors (Lipinski definition) is 1. The van der Waals surface area contributed by atoms with Crippen LogP contribution in [0, 0.1) is 5.41 Å². The second-order valence-electron chi connectivity index (χ2n) is 7.72. The van der Waals surface area contributed by atoms with Crippen molar-refractivity contribution in [1.29, 1.82) is 0 Å². The number of nitrogens with two attached hydrogens (primary N) is 1. The molecule has 1 aliphatic carbocycles. The zero-order valence-electron chi connectivity index (χ0n) is 15.7. The van der Waals surface area contributed by atoms with Crippen molar-refractivity contribution in [2.24, 2.45) is 5.41 Å². The van der Waals surface area contributed by atoms with Gasteiger partial charge in [0.1, 0.15) is 0 Å². The Bertz CT molecular complexity index is 1050. The molecule has 0 saturated heterocycles. The van der Waals surface area contributed by atoms with Crippen LogP contribution in [0.1, 0.15) is 37.5 Å². The van der Waals surface area contributed by atoms with E-state index in [1.807, 2.05) is 0 Å². The minimum atomic E-state index is 0.0756. The van der Waals surface area contributed by atoms with Crippen molar-refractivity contribution in [3.63, 3.8) is 0 Å². The highest BCUT2D eigenvalue weighted by atomic mass is 14.6. The minimum Gasteiger partial charge on any atom is -0.398 e. The highest BCUT2D eigenvalue weighted by Gasteiger charge is 2.17. The second-order valence-corrected chi connectivity index (χ2v) is 7.72. The van der Waals surface area contributed by atoms with E-state index in [1.165, 1.54) is 33.0 Å². The predicted molar refractivity (Wildman–Crippen MR) is 115 cm³/mol. The summed E-state index contributed by atoms with van der Waals surface area (Å²) in [7, 11) is 0. The van der Waals surface area contributed by atoms with E-state index in [-0.39, 0.29) is 5.41 Å². The van der Waals surface area contributed by atoms with Crippen LogP contribution in [0.25, 0.3) is 34.1 Å². The molecule has 3 aromatic carbocycles. The normalized spacial score (nSPS) is 15.0. The van der Waals surface area contributed by atoms with E-state index in [4.69, 9.17) is 5.73 Å². The number of allylic oxidation sites excluding steroid dienone is 2. The van der Waals surface area contributed by atoms with Crippen molar-refractivity contribution >= 4 is 28.6 Å².